The van der Waals surface area contributed by atoms with Crippen LogP contribution in [0.3, 0.4) is 0 Å². The zero-order chi connectivity index (χ0) is 33.4. The van der Waals surface area contributed by atoms with Crippen LogP contribution in [0.4, 0.5) is 0 Å². The van der Waals surface area contributed by atoms with Crippen molar-refractivity contribution in [3.8, 4) is 0 Å². The third-order valence-corrected chi connectivity index (χ3v) is 8.35. The molecular weight excluding hydrogens is 572 g/mol. The van der Waals surface area contributed by atoms with E-state index in [0.29, 0.717) is 12.8 Å². The number of rotatable bonds is 33. The van der Waals surface area contributed by atoms with Crippen LogP contribution in [0.2, 0.25) is 0 Å². The fourth-order valence-electron chi connectivity index (χ4n) is 5.48. The molecule has 0 saturated heterocycles. The van der Waals surface area contributed by atoms with Gasteiger partial charge in [-0.3, -0.25) is 14.4 Å². The number of aliphatic carboxylic acids is 1. The molecule has 0 heterocycles. The molecule has 0 aromatic rings. The molecule has 0 aliphatic carbocycles. The summed E-state index contributed by atoms with van der Waals surface area (Å²) in [6, 6.07) is -1.38. The summed E-state index contributed by atoms with van der Waals surface area (Å²) in [6.07, 6.45) is 28.5. The van der Waals surface area contributed by atoms with Gasteiger partial charge in [-0.05, 0) is 38.5 Å². The largest absolute Gasteiger partial charge is 0.480 e. The number of carboxylic acid groups (broad SMARTS) is 1. The fraction of sp³-hybridized carbons (Fsp3) is 0.889. The summed E-state index contributed by atoms with van der Waals surface area (Å²) in [5.41, 5.74) is 0. The number of amides is 2. The maximum atomic E-state index is 12.6. The van der Waals surface area contributed by atoms with Gasteiger partial charge in [0.2, 0.25) is 11.8 Å². The zero-order valence-corrected chi connectivity index (χ0v) is 28.9. The Hall–Kier alpha value is -2.16. The Labute approximate surface area is 274 Å². The first kappa shape index (κ1) is 42.8. The minimum Gasteiger partial charge on any atom is -0.480 e. The van der Waals surface area contributed by atoms with Gasteiger partial charge in [0.25, 0.3) is 0 Å². The zero-order valence-electron chi connectivity index (χ0n) is 28.9. The van der Waals surface area contributed by atoms with Gasteiger partial charge in [-0.2, -0.15) is 0 Å². The van der Waals surface area contributed by atoms with E-state index >= 15 is 0 Å². The average Bonchev–Trinajstić information content (AvgIpc) is 3.02. The smallest absolute Gasteiger partial charge is 0.328 e. The molecule has 45 heavy (non-hydrogen) atoms. The molecule has 0 spiro atoms. The quantitative estimate of drug-likeness (QED) is 0.0424. The highest BCUT2D eigenvalue weighted by atomic mass is 16.5. The van der Waals surface area contributed by atoms with Crippen LogP contribution >= 0.6 is 0 Å². The van der Waals surface area contributed by atoms with E-state index in [1.807, 2.05) is 0 Å². The second-order valence-corrected chi connectivity index (χ2v) is 12.7. The van der Waals surface area contributed by atoms with Gasteiger partial charge in [0.05, 0.1) is 13.2 Å². The Kier molecular flexibility index (Phi) is 30.3. The highest BCUT2D eigenvalue weighted by Crippen LogP contribution is 2.18. The minimum atomic E-state index is -1.38. The third-order valence-electron chi connectivity index (χ3n) is 8.35. The SMILES string of the molecule is CCCCCCCCCCCCCCC(=O)OC(CCCCCCCC)CCCCCCC(=O)NCC(=O)NC(CO)C(=O)O. The molecule has 264 valence electrons. The summed E-state index contributed by atoms with van der Waals surface area (Å²) < 4.78 is 5.93. The summed E-state index contributed by atoms with van der Waals surface area (Å²) in [5, 5.41) is 22.5. The molecule has 0 aromatic heterocycles. The molecule has 9 heteroatoms. The Balaban J connectivity index is 4.16. The van der Waals surface area contributed by atoms with Crippen molar-refractivity contribution in [3.05, 3.63) is 0 Å². The molecule has 0 aliphatic rings. The van der Waals surface area contributed by atoms with Crippen LogP contribution in [-0.4, -0.2) is 59.3 Å². The number of aliphatic hydroxyl groups excluding tert-OH is 1. The lowest BCUT2D eigenvalue weighted by molar-refractivity contribution is -0.150. The van der Waals surface area contributed by atoms with Gasteiger partial charge in [-0.15, -0.1) is 0 Å². The number of ether oxygens (including phenoxy) is 1. The molecule has 4 N–H and O–H groups in total. The van der Waals surface area contributed by atoms with E-state index in [1.54, 1.807) is 0 Å². The van der Waals surface area contributed by atoms with Crippen molar-refractivity contribution < 1.29 is 34.1 Å². The Morgan fingerprint density at radius 2 is 1.00 bits per heavy atom. The Bertz CT molecular complexity index is 747. The maximum absolute atomic E-state index is 12.6. The predicted octanol–water partition coefficient (Wildman–Crippen LogP) is 7.76. The van der Waals surface area contributed by atoms with Gasteiger partial charge < -0.3 is 25.6 Å². The first-order valence-corrected chi connectivity index (χ1v) is 18.4. The van der Waals surface area contributed by atoms with Crippen LogP contribution < -0.4 is 10.6 Å². The van der Waals surface area contributed by atoms with Crippen molar-refractivity contribution in [1.29, 1.82) is 0 Å². The maximum Gasteiger partial charge on any atom is 0.328 e. The normalized spacial score (nSPS) is 12.4. The van der Waals surface area contributed by atoms with Crippen molar-refractivity contribution in [3.63, 3.8) is 0 Å². The van der Waals surface area contributed by atoms with E-state index in [9.17, 15) is 19.2 Å². The van der Waals surface area contributed by atoms with Crippen molar-refractivity contribution in [2.24, 2.45) is 0 Å². The number of carbonyl (C=O) groups excluding carboxylic acids is 3. The lowest BCUT2D eigenvalue weighted by Crippen LogP contribution is -2.47. The highest BCUT2D eigenvalue weighted by molar-refractivity contribution is 5.87. The first-order valence-electron chi connectivity index (χ1n) is 18.4. The molecule has 0 aliphatic heterocycles. The van der Waals surface area contributed by atoms with Gasteiger partial charge in [0.15, 0.2) is 0 Å². The Morgan fingerprint density at radius 3 is 1.44 bits per heavy atom. The number of esters is 1. The molecule has 0 radical (unpaired) electrons. The van der Waals surface area contributed by atoms with Crippen molar-refractivity contribution in [2.45, 2.75) is 193 Å². The van der Waals surface area contributed by atoms with Crippen molar-refractivity contribution in [1.82, 2.24) is 10.6 Å². The average molecular weight is 641 g/mol. The summed E-state index contributed by atoms with van der Waals surface area (Å²) in [4.78, 5) is 47.2. The molecule has 0 saturated carbocycles. The number of hydrogen-bond acceptors (Lipinski definition) is 6. The molecule has 2 unspecified atom stereocenters. The van der Waals surface area contributed by atoms with Gasteiger partial charge in [0.1, 0.15) is 12.1 Å². The van der Waals surface area contributed by atoms with Crippen LogP contribution in [0.5, 0.6) is 0 Å². The molecule has 9 nitrogen and oxygen atoms in total. The molecule has 2 atom stereocenters. The van der Waals surface area contributed by atoms with Crippen LogP contribution in [0.1, 0.15) is 181 Å². The lowest BCUT2D eigenvalue weighted by atomic mass is 10.0. The van der Waals surface area contributed by atoms with Crippen molar-refractivity contribution in [2.75, 3.05) is 13.2 Å². The van der Waals surface area contributed by atoms with E-state index in [2.05, 4.69) is 24.5 Å². The Morgan fingerprint density at radius 1 is 0.578 bits per heavy atom. The summed E-state index contributed by atoms with van der Waals surface area (Å²) in [7, 11) is 0. The van der Waals surface area contributed by atoms with Crippen LogP contribution in [0, 0.1) is 0 Å². The number of unbranched alkanes of at least 4 members (excludes halogenated alkanes) is 19. The number of hydrogen-bond donors (Lipinski definition) is 4. The van der Waals surface area contributed by atoms with Crippen LogP contribution in [-0.2, 0) is 23.9 Å². The molecule has 0 bridgehead atoms. The second kappa shape index (κ2) is 31.8. The fourth-order valence-corrected chi connectivity index (χ4v) is 5.48. The van der Waals surface area contributed by atoms with E-state index < -0.39 is 24.5 Å². The monoisotopic (exact) mass is 641 g/mol. The summed E-state index contributed by atoms with van der Waals surface area (Å²) >= 11 is 0. The van der Waals surface area contributed by atoms with Gasteiger partial charge in [0, 0.05) is 12.8 Å². The standard InChI is InChI=1S/C36H68N2O7/c1-3-5-7-9-11-12-13-14-15-16-18-24-28-35(42)45-31(25-21-17-10-8-6-4-2)26-22-19-20-23-27-33(40)37-29-34(41)38-32(30-39)36(43)44/h31-32,39H,3-30H2,1-2H3,(H,37,40)(H,38,41)(H,43,44). The lowest BCUT2D eigenvalue weighted by Gasteiger charge is -2.18. The highest BCUT2D eigenvalue weighted by Gasteiger charge is 2.19. The predicted molar refractivity (Wildman–Crippen MR) is 181 cm³/mol. The molecule has 0 fully saturated rings. The molecule has 2 amide bonds. The van der Waals surface area contributed by atoms with Gasteiger partial charge >= 0.3 is 11.9 Å². The van der Waals surface area contributed by atoms with Crippen LogP contribution in [0.25, 0.3) is 0 Å². The number of nitrogens with one attached hydrogen (secondary N) is 2. The molecule has 0 aromatic carbocycles. The second-order valence-electron chi connectivity index (χ2n) is 12.7. The minimum absolute atomic E-state index is 0.0311. The summed E-state index contributed by atoms with van der Waals surface area (Å²) in [6.45, 7) is 3.43. The van der Waals surface area contributed by atoms with Gasteiger partial charge in [-0.25, -0.2) is 4.79 Å². The number of carboxylic acids is 1. The van der Waals surface area contributed by atoms with Gasteiger partial charge in [-0.1, -0.05) is 129 Å². The van der Waals surface area contributed by atoms with E-state index in [4.69, 9.17) is 14.9 Å². The first-order chi connectivity index (χ1) is 21.8. The number of carbonyl (C=O) groups is 4. The molecular formula is C36H68N2O7. The van der Waals surface area contributed by atoms with Crippen LogP contribution in [0.15, 0.2) is 0 Å². The van der Waals surface area contributed by atoms with E-state index in [-0.39, 0.29) is 30.9 Å². The topological polar surface area (TPSA) is 142 Å². The third kappa shape index (κ3) is 29.0. The van der Waals surface area contributed by atoms with Crippen molar-refractivity contribution >= 4 is 23.8 Å². The number of aliphatic hydroxyl groups is 1. The molecule has 0 rings (SSSR count). The van der Waals surface area contributed by atoms with E-state index in [0.717, 1.165) is 51.4 Å². The summed E-state index contributed by atoms with van der Waals surface area (Å²) in [5.74, 6) is -2.32. The van der Waals surface area contributed by atoms with E-state index in [1.165, 1.54) is 96.3 Å².